The summed E-state index contributed by atoms with van der Waals surface area (Å²) in [6.07, 6.45) is 18.1. The van der Waals surface area contributed by atoms with Crippen LogP contribution in [-0.4, -0.2) is 48.6 Å². The van der Waals surface area contributed by atoms with E-state index >= 15 is 0 Å². The maximum atomic E-state index is 5.19. The molecule has 0 unspecified atom stereocenters. The first-order valence-corrected chi connectivity index (χ1v) is 12.2. The minimum Gasteiger partial charge on any atom is -0.328 e. The molecule has 1 nitrogen and oxygen atoms in total. The number of hydrogen-bond acceptors (Lipinski definition) is 0. The standard InChI is InChI=1S/C20H39NP/c1-21(2)16-14-20(15-17-21)22(3,18-10-6-4-7-11-18)19-12-8-5-9-13-19/h18-20H,3-17H2,1-2H3/q+1. The zero-order valence-electron chi connectivity index (χ0n) is 15.2. The lowest BCUT2D eigenvalue weighted by atomic mass is 9.99. The Kier molecular flexibility index (Phi) is 5.56. The van der Waals surface area contributed by atoms with Gasteiger partial charge in [-0.3, -0.25) is 0 Å². The van der Waals surface area contributed by atoms with E-state index in [-0.39, 0.29) is 0 Å². The van der Waals surface area contributed by atoms with Gasteiger partial charge in [0.2, 0.25) is 0 Å². The third kappa shape index (κ3) is 3.56. The SMILES string of the molecule is [CH2-][P+](C1CCCCC1)(C1CCCCC1)C1CC[N+](C)(C)CC1. The molecule has 1 saturated heterocycles. The van der Waals surface area contributed by atoms with Crippen LogP contribution in [0, 0.1) is 6.66 Å². The Hall–Kier alpha value is 0.390. The van der Waals surface area contributed by atoms with Crippen LogP contribution in [-0.2, 0) is 0 Å². The van der Waals surface area contributed by atoms with Gasteiger partial charge < -0.3 is 4.48 Å². The number of hydrogen-bond donors (Lipinski definition) is 0. The monoisotopic (exact) mass is 324 g/mol. The molecule has 0 radical (unpaired) electrons. The molecule has 128 valence electrons. The fourth-order valence-electron chi connectivity index (χ4n) is 5.75. The normalized spacial score (nSPS) is 29.6. The highest BCUT2D eigenvalue weighted by atomic mass is 31.2. The predicted octanol–water partition coefficient (Wildman–Crippen LogP) is 5.70. The highest BCUT2D eigenvalue weighted by molar-refractivity contribution is 7.79. The second-order valence-corrected chi connectivity index (χ2v) is 13.4. The van der Waals surface area contributed by atoms with E-state index in [4.69, 9.17) is 6.66 Å². The second kappa shape index (κ2) is 7.10. The quantitative estimate of drug-likeness (QED) is 0.355. The number of nitrogens with zero attached hydrogens (tertiary/aromatic N) is 1. The van der Waals surface area contributed by atoms with Gasteiger partial charge in [0, 0.05) is 24.2 Å². The van der Waals surface area contributed by atoms with Crippen LogP contribution in [0.5, 0.6) is 0 Å². The molecule has 1 heterocycles. The summed E-state index contributed by atoms with van der Waals surface area (Å²) >= 11 is 0. The van der Waals surface area contributed by atoms with Crippen molar-refractivity contribution in [2.24, 2.45) is 0 Å². The van der Waals surface area contributed by atoms with Gasteiger partial charge in [-0.1, -0.05) is 12.8 Å². The molecule has 0 N–H and O–H groups in total. The van der Waals surface area contributed by atoms with Crippen molar-refractivity contribution in [2.75, 3.05) is 27.2 Å². The Morgan fingerprint density at radius 1 is 0.636 bits per heavy atom. The van der Waals surface area contributed by atoms with Crippen molar-refractivity contribution in [3.8, 4) is 0 Å². The Balaban J connectivity index is 1.78. The largest absolute Gasteiger partial charge is 0.328 e. The Morgan fingerprint density at radius 2 is 1.00 bits per heavy atom. The molecule has 0 atom stereocenters. The summed E-state index contributed by atoms with van der Waals surface area (Å²) in [4.78, 5) is 0. The molecule has 2 saturated carbocycles. The average molecular weight is 325 g/mol. The number of likely N-dealkylation sites (tertiary alicyclic amines) is 1. The second-order valence-electron chi connectivity index (χ2n) is 9.19. The topological polar surface area (TPSA) is 0 Å². The van der Waals surface area contributed by atoms with E-state index in [9.17, 15) is 0 Å². The van der Waals surface area contributed by atoms with Gasteiger partial charge in [-0.2, -0.15) is 6.66 Å². The van der Waals surface area contributed by atoms with Gasteiger partial charge in [0.1, 0.15) is 0 Å². The van der Waals surface area contributed by atoms with E-state index in [2.05, 4.69) is 14.1 Å². The van der Waals surface area contributed by atoms with Crippen LogP contribution in [0.4, 0.5) is 0 Å². The molecule has 3 rings (SSSR count). The minimum atomic E-state index is -1.01. The first-order valence-electron chi connectivity index (χ1n) is 10.1. The van der Waals surface area contributed by atoms with E-state index in [1.165, 1.54) is 94.6 Å². The van der Waals surface area contributed by atoms with Crippen LogP contribution < -0.4 is 0 Å². The van der Waals surface area contributed by atoms with Crippen molar-refractivity contribution in [1.29, 1.82) is 0 Å². The van der Waals surface area contributed by atoms with E-state index in [1.807, 2.05) is 0 Å². The van der Waals surface area contributed by atoms with E-state index in [1.54, 1.807) is 0 Å². The highest BCUT2D eigenvalue weighted by Crippen LogP contribution is 2.75. The summed E-state index contributed by atoms with van der Waals surface area (Å²) in [6.45, 7) is 8.00. The fraction of sp³-hybridized carbons (Fsp3) is 0.950. The predicted molar refractivity (Wildman–Crippen MR) is 101 cm³/mol. The van der Waals surface area contributed by atoms with Crippen LogP contribution in [0.25, 0.3) is 0 Å². The molecule has 0 aromatic rings. The fourth-order valence-corrected chi connectivity index (χ4v) is 11.4. The first kappa shape index (κ1) is 17.2. The van der Waals surface area contributed by atoms with E-state index < -0.39 is 7.26 Å². The summed E-state index contributed by atoms with van der Waals surface area (Å²) in [6, 6.07) is 0. The minimum absolute atomic E-state index is 1.01. The van der Waals surface area contributed by atoms with Gasteiger partial charge in [0.15, 0.2) is 0 Å². The molecule has 0 bridgehead atoms. The smallest absolute Gasteiger partial charge is 0.0819 e. The first-order chi connectivity index (χ1) is 10.5. The van der Waals surface area contributed by atoms with Crippen LogP contribution >= 0.6 is 7.26 Å². The zero-order chi connectivity index (χ0) is 15.6. The van der Waals surface area contributed by atoms with Gasteiger partial charge in [-0.25, -0.2) is 0 Å². The number of quaternary nitrogens is 1. The van der Waals surface area contributed by atoms with Crippen LogP contribution in [0.3, 0.4) is 0 Å². The molecule has 0 aromatic carbocycles. The van der Waals surface area contributed by atoms with Crippen LogP contribution in [0.2, 0.25) is 0 Å². The molecule has 2 heteroatoms. The Morgan fingerprint density at radius 3 is 1.41 bits per heavy atom. The van der Waals surface area contributed by atoms with Crippen LogP contribution in [0.15, 0.2) is 0 Å². The molecule has 22 heavy (non-hydrogen) atoms. The van der Waals surface area contributed by atoms with Gasteiger partial charge in [-0.05, 0) is 51.4 Å². The lowest BCUT2D eigenvalue weighted by Crippen LogP contribution is -2.49. The van der Waals surface area contributed by atoms with Gasteiger partial charge in [0.05, 0.1) is 32.8 Å². The van der Waals surface area contributed by atoms with Crippen molar-refractivity contribution < 1.29 is 4.48 Å². The summed E-state index contributed by atoms with van der Waals surface area (Å²) in [5.41, 5.74) is 3.11. The summed E-state index contributed by atoms with van der Waals surface area (Å²) in [5.74, 6) is 0. The molecule has 1 aliphatic heterocycles. The molecule has 0 aromatic heterocycles. The molecule has 0 amide bonds. The van der Waals surface area contributed by atoms with Gasteiger partial charge in [-0.15, -0.1) is 7.26 Å². The van der Waals surface area contributed by atoms with Crippen molar-refractivity contribution in [1.82, 2.24) is 0 Å². The van der Waals surface area contributed by atoms with Gasteiger partial charge >= 0.3 is 0 Å². The van der Waals surface area contributed by atoms with Crippen molar-refractivity contribution in [3.63, 3.8) is 0 Å². The molecule has 2 aliphatic carbocycles. The lowest BCUT2D eigenvalue weighted by Gasteiger charge is -2.53. The Bertz CT molecular complexity index is 325. The number of piperidine rings is 1. The van der Waals surface area contributed by atoms with Crippen molar-refractivity contribution >= 4 is 7.26 Å². The zero-order valence-corrected chi connectivity index (χ0v) is 16.1. The highest BCUT2D eigenvalue weighted by Gasteiger charge is 2.49. The summed E-state index contributed by atoms with van der Waals surface area (Å²) in [5, 5.41) is 0. The average Bonchev–Trinajstić information content (AvgIpc) is 2.56. The molecular weight excluding hydrogens is 285 g/mol. The Labute approximate surface area is 140 Å². The third-order valence-corrected chi connectivity index (χ3v) is 13.0. The van der Waals surface area contributed by atoms with Crippen molar-refractivity contribution in [2.45, 2.75) is 94.0 Å². The molecule has 3 fully saturated rings. The maximum Gasteiger partial charge on any atom is 0.0819 e. The molecule has 0 spiro atoms. The summed E-state index contributed by atoms with van der Waals surface area (Å²) in [7, 11) is 3.85. The lowest BCUT2D eigenvalue weighted by molar-refractivity contribution is -0.894. The van der Waals surface area contributed by atoms with E-state index in [0.717, 1.165) is 17.0 Å². The maximum absolute atomic E-state index is 5.19. The van der Waals surface area contributed by atoms with E-state index in [0.29, 0.717) is 0 Å². The van der Waals surface area contributed by atoms with Crippen LogP contribution in [0.1, 0.15) is 77.0 Å². The number of rotatable bonds is 3. The molecular formula is C20H39NP+. The summed E-state index contributed by atoms with van der Waals surface area (Å²) < 4.78 is 1.26. The third-order valence-electron chi connectivity index (χ3n) is 7.32. The van der Waals surface area contributed by atoms with Crippen molar-refractivity contribution in [3.05, 3.63) is 6.66 Å². The molecule has 3 aliphatic rings. The van der Waals surface area contributed by atoms with Gasteiger partial charge in [0.25, 0.3) is 0 Å².